The monoisotopic (exact) mass is 462 g/mol. The summed E-state index contributed by atoms with van der Waals surface area (Å²) in [4.78, 5) is 8.52. The number of benzene rings is 2. The van der Waals surface area contributed by atoms with Gasteiger partial charge in [-0.2, -0.15) is 0 Å². The van der Waals surface area contributed by atoms with E-state index in [1.807, 2.05) is 0 Å². The SMILES string of the molecule is Cc1ccc(C)c(OCC2=NCCN2)c1C.Clc1cccc(Cl)c1OCC1=NCCN1. The fourth-order valence-electron chi connectivity index (χ4n) is 3.14. The van der Waals surface area contributed by atoms with Gasteiger partial charge in [0.2, 0.25) is 0 Å². The molecule has 0 atom stereocenters. The first-order chi connectivity index (χ1) is 15.0. The van der Waals surface area contributed by atoms with Crippen molar-refractivity contribution in [1.82, 2.24) is 10.6 Å². The van der Waals surface area contributed by atoms with Crippen molar-refractivity contribution in [3.8, 4) is 11.5 Å². The van der Waals surface area contributed by atoms with E-state index in [-0.39, 0.29) is 0 Å². The van der Waals surface area contributed by atoms with Crippen molar-refractivity contribution in [3.05, 3.63) is 57.1 Å². The van der Waals surface area contributed by atoms with Crippen LogP contribution in [0.4, 0.5) is 0 Å². The average molecular weight is 463 g/mol. The Morgan fingerprint density at radius 1 is 0.774 bits per heavy atom. The first kappa shape index (κ1) is 23.2. The van der Waals surface area contributed by atoms with Crippen LogP contribution < -0.4 is 20.1 Å². The van der Waals surface area contributed by atoms with E-state index in [0.717, 1.165) is 43.6 Å². The number of halogens is 2. The van der Waals surface area contributed by atoms with Crippen molar-refractivity contribution < 1.29 is 9.47 Å². The Labute approximate surface area is 193 Å². The highest BCUT2D eigenvalue weighted by atomic mass is 35.5. The number of para-hydroxylation sites is 1. The number of nitrogens with zero attached hydrogens (tertiary/aromatic N) is 2. The number of rotatable bonds is 6. The smallest absolute Gasteiger partial charge is 0.157 e. The van der Waals surface area contributed by atoms with Crippen molar-refractivity contribution in [2.75, 3.05) is 39.4 Å². The molecule has 0 bridgehead atoms. The van der Waals surface area contributed by atoms with Crippen LogP contribution in [0.1, 0.15) is 16.7 Å². The predicted molar refractivity (Wildman–Crippen MR) is 129 cm³/mol. The molecule has 2 aliphatic rings. The Morgan fingerprint density at radius 3 is 1.81 bits per heavy atom. The topological polar surface area (TPSA) is 67.2 Å². The van der Waals surface area contributed by atoms with Gasteiger partial charge in [0.1, 0.15) is 30.6 Å². The van der Waals surface area contributed by atoms with Gasteiger partial charge in [-0.25, -0.2) is 0 Å². The number of nitrogens with one attached hydrogen (secondary N) is 2. The summed E-state index contributed by atoms with van der Waals surface area (Å²) >= 11 is 11.9. The Balaban J connectivity index is 0.000000176. The Morgan fingerprint density at radius 2 is 1.29 bits per heavy atom. The number of aliphatic imine (C=N–C) groups is 2. The maximum atomic E-state index is 5.95. The van der Waals surface area contributed by atoms with E-state index in [1.54, 1.807) is 18.2 Å². The van der Waals surface area contributed by atoms with Gasteiger partial charge in [0.25, 0.3) is 0 Å². The molecule has 0 saturated heterocycles. The molecule has 0 radical (unpaired) electrons. The van der Waals surface area contributed by atoms with E-state index < -0.39 is 0 Å². The third-order valence-corrected chi connectivity index (χ3v) is 5.58. The van der Waals surface area contributed by atoms with Crippen LogP contribution in [0.15, 0.2) is 40.3 Å². The van der Waals surface area contributed by atoms with Gasteiger partial charge in [0.05, 0.1) is 23.1 Å². The van der Waals surface area contributed by atoms with Gasteiger partial charge >= 0.3 is 0 Å². The Hall–Kier alpha value is -2.44. The summed E-state index contributed by atoms with van der Waals surface area (Å²) in [5.41, 5.74) is 3.67. The second kappa shape index (κ2) is 11.3. The summed E-state index contributed by atoms with van der Waals surface area (Å²) < 4.78 is 11.3. The highest BCUT2D eigenvalue weighted by Crippen LogP contribution is 2.32. The maximum absolute atomic E-state index is 5.95. The lowest BCUT2D eigenvalue weighted by Crippen LogP contribution is -2.25. The summed E-state index contributed by atoms with van der Waals surface area (Å²) in [5, 5.41) is 7.34. The molecule has 2 N–H and O–H groups in total. The van der Waals surface area contributed by atoms with Crippen molar-refractivity contribution in [2.45, 2.75) is 20.8 Å². The highest BCUT2D eigenvalue weighted by Gasteiger charge is 2.11. The van der Waals surface area contributed by atoms with Crippen LogP contribution in [0.5, 0.6) is 11.5 Å². The first-order valence-electron chi connectivity index (χ1n) is 10.3. The summed E-state index contributed by atoms with van der Waals surface area (Å²) in [6, 6.07) is 9.49. The van der Waals surface area contributed by atoms with Crippen LogP contribution >= 0.6 is 23.2 Å². The van der Waals surface area contributed by atoms with E-state index in [2.05, 4.69) is 53.5 Å². The highest BCUT2D eigenvalue weighted by molar-refractivity contribution is 6.37. The third kappa shape index (κ3) is 6.52. The summed E-state index contributed by atoms with van der Waals surface area (Å²) in [6.07, 6.45) is 0. The van der Waals surface area contributed by atoms with Crippen LogP contribution in [0.25, 0.3) is 0 Å². The second-order valence-electron chi connectivity index (χ2n) is 7.29. The normalized spacial score (nSPS) is 14.6. The fraction of sp³-hybridized carbons (Fsp3) is 0.391. The summed E-state index contributed by atoms with van der Waals surface area (Å²) in [7, 11) is 0. The van der Waals surface area contributed by atoms with Gasteiger partial charge in [0.15, 0.2) is 5.75 Å². The van der Waals surface area contributed by atoms with Crippen LogP contribution in [0, 0.1) is 20.8 Å². The molecule has 8 heteroatoms. The minimum absolute atomic E-state index is 0.378. The molecular formula is C23H28Cl2N4O2. The van der Waals surface area contributed by atoms with Crippen molar-refractivity contribution in [2.24, 2.45) is 9.98 Å². The molecule has 2 aromatic rings. The molecule has 0 aliphatic carbocycles. The minimum Gasteiger partial charge on any atom is -0.485 e. The van der Waals surface area contributed by atoms with Gasteiger partial charge in [-0.3, -0.25) is 9.98 Å². The number of ether oxygens (including phenoxy) is 2. The van der Waals surface area contributed by atoms with E-state index in [4.69, 9.17) is 32.7 Å². The molecule has 0 saturated carbocycles. The standard InChI is InChI=1S/C13H18N2O.C10H10Cl2N2O/c1-9-4-5-10(2)13(11(9)3)16-8-12-14-6-7-15-12;11-7-2-1-3-8(12)10(7)15-6-9-13-4-5-14-9/h4-5H,6-8H2,1-3H3,(H,14,15);1-3H,4-6H2,(H,13,14). The van der Waals surface area contributed by atoms with Gasteiger partial charge in [-0.1, -0.05) is 41.4 Å². The Kier molecular flexibility index (Phi) is 8.43. The first-order valence-corrected chi connectivity index (χ1v) is 11.0. The molecule has 4 rings (SSSR count). The molecule has 166 valence electrons. The molecule has 31 heavy (non-hydrogen) atoms. The molecule has 2 aliphatic heterocycles. The Bertz CT molecular complexity index is 956. The largest absolute Gasteiger partial charge is 0.485 e. The summed E-state index contributed by atoms with van der Waals surface area (Å²) in [6.45, 7) is 10.7. The van der Waals surface area contributed by atoms with E-state index in [9.17, 15) is 0 Å². The number of hydrogen-bond donors (Lipinski definition) is 2. The third-order valence-electron chi connectivity index (χ3n) is 4.99. The zero-order valence-corrected chi connectivity index (χ0v) is 19.6. The average Bonchev–Trinajstić information content (AvgIpc) is 3.45. The lowest BCUT2D eigenvalue weighted by atomic mass is 10.1. The van der Waals surface area contributed by atoms with Crippen molar-refractivity contribution in [3.63, 3.8) is 0 Å². The molecule has 6 nitrogen and oxygen atoms in total. The molecule has 0 fully saturated rings. The number of hydrogen-bond acceptors (Lipinski definition) is 6. The molecule has 0 amide bonds. The van der Waals surface area contributed by atoms with E-state index in [0.29, 0.717) is 29.0 Å². The molecule has 2 aromatic carbocycles. The molecule has 2 heterocycles. The maximum Gasteiger partial charge on any atom is 0.157 e. The van der Waals surface area contributed by atoms with Gasteiger partial charge < -0.3 is 20.1 Å². The fourth-order valence-corrected chi connectivity index (χ4v) is 3.64. The van der Waals surface area contributed by atoms with Crippen molar-refractivity contribution in [1.29, 1.82) is 0 Å². The van der Waals surface area contributed by atoms with Crippen LogP contribution in [0.3, 0.4) is 0 Å². The van der Waals surface area contributed by atoms with Gasteiger partial charge in [-0.05, 0) is 49.6 Å². The zero-order valence-electron chi connectivity index (χ0n) is 18.1. The zero-order chi connectivity index (χ0) is 22.2. The quantitative estimate of drug-likeness (QED) is 0.668. The number of amidine groups is 2. The molecule has 0 unspecified atom stereocenters. The van der Waals surface area contributed by atoms with Crippen LogP contribution in [-0.2, 0) is 0 Å². The van der Waals surface area contributed by atoms with E-state index >= 15 is 0 Å². The van der Waals surface area contributed by atoms with Gasteiger partial charge in [0, 0.05) is 13.1 Å². The second-order valence-corrected chi connectivity index (χ2v) is 8.11. The minimum atomic E-state index is 0.378. The molecule has 0 aromatic heterocycles. The van der Waals surface area contributed by atoms with Crippen LogP contribution in [-0.4, -0.2) is 51.1 Å². The van der Waals surface area contributed by atoms with E-state index in [1.165, 1.54) is 16.7 Å². The van der Waals surface area contributed by atoms with Gasteiger partial charge in [-0.15, -0.1) is 0 Å². The molecule has 0 spiro atoms. The van der Waals surface area contributed by atoms with Crippen LogP contribution in [0.2, 0.25) is 10.0 Å². The predicted octanol–water partition coefficient (Wildman–Crippen LogP) is 4.37. The lowest BCUT2D eigenvalue weighted by Gasteiger charge is -2.13. The summed E-state index contributed by atoms with van der Waals surface area (Å²) in [5.74, 6) is 3.31. The van der Waals surface area contributed by atoms with Crippen molar-refractivity contribution >= 4 is 34.9 Å². The lowest BCUT2D eigenvalue weighted by molar-refractivity contribution is 0.368. The number of aryl methyl sites for hydroxylation is 2. The molecular weight excluding hydrogens is 435 g/mol.